The summed E-state index contributed by atoms with van der Waals surface area (Å²) in [5.41, 5.74) is 3.55. The molecule has 33 heavy (non-hydrogen) atoms. The van der Waals surface area contributed by atoms with E-state index in [-0.39, 0.29) is 17.9 Å². The summed E-state index contributed by atoms with van der Waals surface area (Å²) in [5.74, 6) is 0.660. The van der Waals surface area contributed by atoms with Crippen LogP contribution in [0.5, 0.6) is 11.5 Å². The summed E-state index contributed by atoms with van der Waals surface area (Å²) in [6, 6.07) is 21.9. The summed E-state index contributed by atoms with van der Waals surface area (Å²) < 4.78 is 11.4. The van der Waals surface area contributed by atoms with Crippen molar-refractivity contribution in [2.24, 2.45) is 5.18 Å². The van der Waals surface area contributed by atoms with Crippen molar-refractivity contribution >= 4 is 23.1 Å². The zero-order chi connectivity index (χ0) is 23.4. The molecule has 0 amide bonds. The third-order valence-electron chi connectivity index (χ3n) is 5.98. The molecule has 1 heterocycles. The minimum atomic E-state index is -0.487. The Balaban J connectivity index is 1.65. The van der Waals surface area contributed by atoms with Gasteiger partial charge in [0.2, 0.25) is 0 Å². The van der Waals surface area contributed by atoms with Gasteiger partial charge in [0.25, 0.3) is 5.17 Å². The predicted octanol–water partition coefficient (Wildman–Crippen LogP) is 6.23. The Morgan fingerprint density at radius 2 is 1.85 bits per heavy atom. The van der Waals surface area contributed by atoms with E-state index in [1.165, 1.54) is 0 Å². The molecule has 1 N–H and O–H groups in total. The maximum Gasteiger partial charge on any atom is 0.264 e. The highest BCUT2D eigenvalue weighted by Gasteiger charge is 2.42. The second-order valence-corrected chi connectivity index (χ2v) is 8.46. The van der Waals surface area contributed by atoms with Crippen LogP contribution >= 0.6 is 12.2 Å². The lowest BCUT2D eigenvalue weighted by atomic mass is 9.93. The second kappa shape index (κ2) is 10.0. The molecule has 3 aromatic rings. The zero-order valence-electron chi connectivity index (χ0n) is 18.5. The van der Waals surface area contributed by atoms with Crippen LogP contribution in [0.1, 0.15) is 41.6 Å². The van der Waals surface area contributed by atoms with Crippen LogP contribution in [0.3, 0.4) is 0 Å². The maximum atomic E-state index is 11.6. The van der Waals surface area contributed by atoms with E-state index in [1.54, 1.807) is 19.2 Å². The second-order valence-electron chi connectivity index (χ2n) is 8.11. The van der Waals surface area contributed by atoms with Crippen LogP contribution in [0.2, 0.25) is 0 Å². The minimum absolute atomic E-state index is 0.0992. The van der Waals surface area contributed by atoms with Crippen LogP contribution in [-0.2, 0) is 4.74 Å². The van der Waals surface area contributed by atoms with E-state index in [2.05, 4.69) is 5.18 Å². The number of anilines is 1. The molecule has 0 spiro atoms. The molecule has 4 rings (SSSR count). The molecule has 1 fully saturated rings. The van der Waals surface area contributed by atoms with Crippen molar-refractivity contribution in [3.63, 3.8) is 0 Å². The lowest BCUT2D eigenvalue weighted by Crippen LogP contribution is -2.29. The Kier molecular flexibility index (Phi) is 6.89. The monoisotopic (exact) mass is 462 g/mol. The van der Waals surface area contributed by atoms with Gasteiger partial charge in [0, 0.05) is 17.3 Å². The first-order valence-electron chi connectivity index (χ1n) is 10.8. The fraction of sp³-hybridized carbons (Fsp3) is 0.269. The van der Waals surface area contributed by atoms with Crippen molar-refractivity contribution in [3.8, 4) is 11.5 Å². The molecule has 3 aromatic carbocycles. The standard InChI is InChI=1S/C26H26N2O4S/c1-17-8-10-18(11-9-17)22(27-30)14-15-24-25(21-13-12-20(31-2)16-23(21)29)28(26(33)32-24)19-6-4-3-5-7-19/h3-13,16,22,24-25,29H,14-15H2,1-2H3. The fourth-order valence-electron chi connectivity index (χ4n) is 4.23. The van der Waals surface area contributed by atoms with Gasteiger partial charge >= 0.3 is 0 Å². The van der Waals surface area contributed by atoms with Gasteiger partial charge in [-0.1, -0.05) is 53.2 Å². The molecule has 1 aliphatic heterocycles. The number of nitroso groups, excluding NO2 is 1. The summed E-state index contributed by atoms with van der Waals surface area (Å²) in [6.07, 6.45) is 0.659. The van der Waals surface area contributed by atoms with Gasteiger partial charge in [-0.2, -0.15) is 4.91 Å². The lowest BCUT2D eigenvalue weighted by molar-refractivity contribution is 0.186. The first-order valence-corrected chi connectivity index (χ1v) is 11.2. The first kappa shape index (κ1) is 22.7. The zero-order valence-corrected chi connectivity index (χ0v) is 19.4. The fourth-order valence-corrected chi connectivity index (χ4v) is 4.58. The molecule has 0 saturated carbocycles. The summed E-state index contributed by atoms with van der Waals surface area (Å²) in [7, 11) is 1.55. The Bertz CT molecular complexity index is 1120. The van der Waals surface area contributed by atoms with Crippen molar-refractivity contribution in [1.82, 2.24) is 0 Å². The number of nitrogens with zero attached hydrogens (tertiary/aromatic N) is 2. The molecule has 0 aliphatic carbocycles. The van der Waals surface area contributed by atoms with E-state index in [0.717, 1.165) is 16.8 Å². The van der Waals surface area contributed by atoms with Crippen LogP contribution in [0.4, 0.5) is 5.69 Å². The summed E-state index contributed by atoms with van der Waals surface area (Å²) in [6.45, 7) is 2.00. The summed E-state index contributed by atoms with van der Waals surface area (Å²) >= 11 is 5.60. The first-order chi connectivity index (χ1) is 16.0. The van der Waals surface area contributed by atoms with E-state index < -0.39 is 6.04 Å². The van der Waals surface area contributed by atoms with E-state index in [9.17, 15) is 10.0 Å². The SMILES string of the molecule is COc1ccc(C2C(CCC(N=O)c3ccc(C)cc3)OC(=S)N2c2ccccc2)c(O)c1. The van der Waals surface area contributed by atoms with Crippen molar-refractivity contribution in [3.05, 3.63) is 94.4 Å². The molecule has 6 nitrogen and oxygen atoms in total. The maximum absolute atomic E-state index is 11.6. The molecule has 3 atom stereocenters. The van der Waals surface area contributed by atoms with Crippen molar-refractivity contribution in [2.45, 2.75) is 38.0 Å². The van der Waals surface area contributed by atoms with Gasteiger partial charge in [-0.25, -0.2) is 0 Å². The number of phenols is 1. The highest BCUT2D eigenvalue weighted by atomic mass is 32.1. The number of hydrogen-bond acceptors (Lipinski definition) is 6. The van der Waals surface area contributed by atoms with Crippen LogP contribution in [0, 0.1) is 11.8 Å². The van der Waals surface area contributed by atoms with Crippen molar-refractivity contribution in [2.75, 3.05) is 12.0 Å². The number of benzene rings is 3. The number of aryl methyl sites for hydroxylation is 1. The average Bonchev–Trinajstić information content (AvgIpc) is 3.16. The van der Waals surface area contributed by atoms with Gasteiger partial charge in [-0.3, -0.25) is 4.90 Å². The van der Waals surface area contributed by atoms with Gasteiger partial charge in [0.15, 0.2) is 0 Å². The third-order valence-corrected chi connectivity index (χ3v) is 6.28. The third kappa shape index (κ3) is 4.83. The molecular weight excluding hydrogens is 436 g/mol. The Morgan fingerprint density at radius 3 is 2.48 bits per heavy atom. The van der Waals surface area contributed by atoms with Crippen LogP contribution in [-0.4, -0.2) is 23.5 Å². The Morgan fingerprint density at radius 1 is 1.12 bits per heavy atom. The van der Waals surface area contributed by atoms with Crippen LogP contribution in [0.15, 0.2) is 78.0 Å². The number of aromatic hydroxyl groups is 1. The molecule has 7 heteroatoms. The quantitative estimate of drug-likeness (QED) is 0.316. The summed E-state index contributed by atoms with van der Waals surface area (Å²) in [4.78, 5) is 13.6. The normalized spacial score (nSPS) is 18.6. The minimum Gasteiger partial charge on any atom is -0.507 e. The topological polar surface area (TPSA) is 71.4 Å². The number of hydrogen-bond donors (Lipinski definition) is 1. The van der Waals surface area contributed by atoms with Gasteiger partial charge in [0.05, 0.1) is 7.11 Å². The van der Waals surface area contributed by atoms with Crippen LogP contribution in [0.25, 0.3) is 0 Å². The number of para-hydroxylation sites is 1. The molecule has 0 bridgehead atoms. The van der Waals surface area contributed by atoms with Gasteiger partial charge in [-0.15, -0.1) is 0 Å². The highest BCUT2D eigenvalue weighted by molar-refractivity contribution is 7.80. The van der Waals surface area contributed by atoms with Gasteiger partial charge in [0.1, 0.15) is 29.7 Å². The number of thiocarbonyl (C=S) groups is 1. The smallest absolute Gasteiger partial charge is 0.264 e. The molecule has 0 radical (unpaired) electrons. The van der Waals surface area contributed by atoms with E-state index >= 15 is 0 Å². The number of methoxy groups -OCH3 is 1. The van der Waals surface area contributed by atoms with Gasteiger partial charge in [-0.05, 0) is 61.8 Å². The predicted molar refractivity (Wildman–Crippen MR) is 133 cm³/mol. The van der Waals surface area contributed by atoms with E-state index in [0.29, 0.717) is 29.3 Å². The Labute approximate surface area is 198 Å². The molecule has 1 aliphatic rings. The molecular formula is C26H26N2O4S. The number of rotatable bonds is 8. The number of phenolic OH excluding ortho intramolecular Hbond substituents is 1. The largest absolute Gasteiger partial charge is 0.507 e. The van der Waals surface area contributed by atoms with E-state index in [4.69, 9.17) is 21.7 Å². The lowest BCUT2D eigenvalue weighted by Gasteiger charge is -2.27. The number of ether oxygens (including phenoxy) is 2. The van der Waals surface area contributed by atoms with E-state index in [1.807, 2.05) is 72.5 Å². The Hall–Kier alpha value is -3.45. The molecule has 1 saturated heterocycles. The van der Waals surface area contributed by atoms with Crippen LogP contribution < -0.4 is 9.64 Å². The average molecular weight is 463 g/mol. The highest BCUT2D eigenvalue weighted by Crippen LogP contribution is 2.43. The summed E-state index contributed by atoms with van der Waals surface area (Å²) in [5, 5.41) is 14.5. The molecule has 3 unspecified atom stereocenters. The van der Waals surface area contributed by atoms with Gasteiger partial charge < -0.3 is 14.6 Å². The van der Waals surface area contributed by atoms with Crippen molar-refractivity contribution < 1.29 is 14.6 Å². The molecule has 170 valence electrons. The van der Waals surface area contributed by atoms with Crippen molar-refractivity contribution in [1.29, 1.82) is 0 Å². The molecule has 0 aromatic heterocycles.